The van der Waals surface area contributed by atoms with Gasteiger partial charge in [0.15, 0.2) is 11.5 Å². The largest absolute Gasteiger partial charge is 0.440 e. The Labute approximate surface area is 139 Å². The van der Waals surface area contributed by atoms with Crippen LogP contribution in [0.25, 0.3) is 11.1 Å². The second-order valence-corrected chi connectivity index (χ2v) is 7.46. The van der Waals surface area contributed by atoms with Gasteiger partial charge in [-0.1, -0.05) is 27.2 Å². The van der Waals surface area contributed by atoms with Crippen molar-refractivity contribution in [1.29, 1.82) is 0 Å². The zero-order chi connectivity index (χ0) is 17.5. The molecule has 0 atom stereocenters. The van der Waals surface area contributed by atoms with Gasteiger partial charge >= 0.3 is 6.18 Å². The van der Waals surface area contributed by atoms with Gasteiger partial charge in [0.2, 0.25) is 0 Å². The molecule has 3 rings (SSSR count). The molecule has 1 aromatic carbocycles. The molecule has 0 unspecified atom stereocenters. The molecule has 0 radical (unpaired) electrons. The molecule has 0 aliphatic heterocycles. The summed E-state index contributed by atoms with van der Waals surface area (Å²) in [6.45, 7) is 7.13. The lowest BCUT2D eigenvalue weighted by Gasteiger charge is -2.38. The van der Waals surface area contributed by atoms with Gasteiger partial charge in [-0.25, -0.2) is 4.98 Å². The molecular weight excluding hydrogens is 317 g/mol. The molecule has 0 spiro atoms. The van der Waals surface area contributed by atoms with Gasteiger partial charge in [0.05, 0.1) is 0 Å². The molecule has 6 heteroatoms. The van der Waals surface area contributed by atoms with Crippen molar-refractivity contribution in [3.63, 3.8) is 0 Å². The highest BCUT2D eigenvalue weighted by molar-refractivity contribution is 5.78. The first-order chi connectivity index (χ1) is 11.2. The molecular formula is C18H23F3N2O. The Bertz CT molecular complexity index is 730. The maximum atomic E-state index is 13.4. The first-order valence-corrected chi connectivity index (χ1v) is 8.39. The lowest BCUT2D eigenvalue weighted by molar-refractivity contribution is -0.136. The van der Waals surface area contributed by atoms with E-state index < -0.39 is 11.7 Å². The molecule has 1 aliphatic rings. The van der Waals surface area contributed by atoms with Crippen LogP contribution in [0.4, 0.5) is 13.2 Å². The van der Waals surface area contributed by atoms with Crippen LogP contribution in [0.2, 0.25) is 0 Å². The summed E-state index contributed by atoms with van der Waals surface area (Å²) in [6, 6.07) is 2.86. The van der Waals surface area contributed by atoms with E-state index in [2.05, 4.69) is 17.2 Å². The average Bonchev–Trinajstić information content (AvgIpc) is 2.87. The second kappa shape index (κ2) is 6.06. The number of benzene rings is 1. The Hall–Kier alpha value is -1.56. The molecule has 1 aliphatic carbocycles. The quantitative estimate of drug-likeness (QED) is 0.808. The van der Waals surface area contributed by atoms with Crippen molar-refractivity contribution in [3.05, 3.63) is 29.2 Å². The van der Waals surface area contributed by atoms with Crippen LogP contribution in [0, 0.1) is 5.41 Å². The van der Waals surface area contributed by atoms with Crippen molar-refractivity contribution in [2.75, 3.05) is 6.54 Å². The minimum atomic E-state index is -4.46. The first kappa shape index (κ1) is 17.3. The fraction of sp³-hybridized carbons (Fsp3) is 0.611. The Morgan fingerprint density at radius 2 is 2.00 bits per heavy atom. The summed E-state index contributed by atoms with van der Waals surface area (Å²) in [5, 5.41) is 3.29. The van der Waals surface area contributed by atoms with E-state index in [0.717, 1.165) is 6.54 Å². The Kier molecular flexibility index (Phi) is 4.36. The van der Waals surface area contributed by atoms with Crippen molar-refractivity contribution >= 4 is 11.1 Å². The van der Waals surface area contributed by atoms with Crippen molar-refractivity contribution in [2.45, 2.75) is 58.7 Å². The van der Waals surface area contributed by atoms with E-state index in [1.807, 2.05) is 13.8 Å². The minimum Gasteiger partial charge on any atom is -0.440 e. The van der Waals surface area contributed by atoms with Crippen LogP contribution < -0.4 is 5.32 Å². The summed E-state index contributed by atoms with van der Waals surface area (Å²) >= 11 is 0. The van der Waals surface area contributed by atoms with E-state index in [4.69, 9.17) is 4.42 Å². The zero-order valence-corrected chi connectivity index (χ0v) is 14.3. The number of halogens is 3. The number of oxazole rings is 1. The monoisotopic (exact) mass is 340 g/mol. The summed E-state index contributed by atoms with van der Waals surface area (Å²) in [7, 11) is 0. The number of fused-ring (bicyclic) bond motifs is 1. The summed E-state index contributed by atoms with van der Waals surface area (Å²) in [6.07, 6.45) is -0.872. The molecule has 0 amide bonds. The first-order valence-electron chi connectivity index (χ1n) is 8.39. The molecule has 24 heavy (non-hydrogen) atoms. The lowest BCUT2D eigenvalue weighted by Crippen LogP contribution is -2.37. The topological polar surface area (TPSA) is 38.1 Å². The van der Waals surface area contributed by atoms with Crippen LogP contribution >= 0.6 is 0 Å². The van der Waals surface area contributed by atoms with Crippen molar-refractivity contribution < 1.29 is 17.6 Å². The van der Waals surface area contributed by atoms with Crippen LogP contribution in [0.1, 0.15) is 63.0 Å². The summed E-state index contributed by atoms with van der Waals surface area (Å²) in [5.41, 5.74) is 0.240. The van der Waals surface area contributed by atoms with E-state index in [-0.39, 0.29) is 22.4 Å². The van der Waals surface area contributed by atoms with E-state index in [1.165, 1.54) is 25.3 Å². The number of aromatic nitrogens is 1. The number of nitrogens with one attached hydrogen (secondary N) is 1. The fourth-order valence-corrected chi connectivity index (χ4v) is 3.13. The minimum absolute atomic E-state index is 0.0568. The van der Waals surface area contributed by atoms with Gasteiger partial charge in [0.1, 0.15) is 11.1 Å². The van der Waals surface area contributed by atoms with E-state index in [9.17, 15) is 13.2 Å². The number of hydrogen-bond acceptors (Lipinski definition) is 3. The maximum absolute atomic E-state index is 13.4. The molecule has 1 aromatic heterocycles. The molecule has 1 fully saturated rings. The highest BCUT2D eigenvalue weighted by Crippen LogP contribution is 2.40. The standard InChI is InChI=1S/C18H23F3N2O/c1-11(2)16-23-14-8-12(9-22-10-17(3)5-4-6-17)7-13(15(14)24-16)18(19,20)21/h7-8,11,22H,4-6,9-10H2,1-3H3. The predicted molar refractivity (Wildman–Crippen MR) is 86.8 cm³/mol. The molecule has 1 saturated carbocycles. The third-order valence-corrected chi connectivity index (χ3v) is 4.81. The smallest absolute Gasteiger partial charge is 0.420 e. The Morgan fingerprint density at radius 1 is 1.29 bits per heavy atom. The van der Waals surface area contributed by atoms with Crippen LogP contribution in [0.3, 0.4) is 0 Å². The molecule has 3 nitrogen and oxygen atoms in total. The van der Waals surface area contributed by atoms with Crippen LogP contribution in [0.5, 0.6) is 0 Å². The number of alkyl halides is 3. The molecule has 2 aromatic rings. The van der Waals surface area contributed by atoms with Crippen molar-refractivity contribution in [3.8, 4) is 0 Å². The lowest BCUT2D eigenvalue weighted by atomic mass is 9.70. The highest BCUT2D eigenvalue weighted by Gasteiger charge is 2.36. The Morgan fingerprint density at radius 3 is 2.54 bits per heavy atom. The SMILES string of the molecule is CC(C)c1nc2cc(CNCC3(C)CCC3)cc(C(F)(F)F)c2o1. The Balaban J connectivity index is 1.87. The summed E-state index contributed by atoms with van der Waals surface area (Å²) in [4.78, 5) is 4.24. The van der Waals surface area contributed by atoms with Crippen LogP contribution in [-0.4, -0.2) is 11.5 Å². The predicted octanol–water partition coefficient (Wildman–Crippen LogP) is 5.25. The van der Waals surface area contributed by atoms with Gasteiger partial charge in [0, 0.05) is 19.0 Å². The third-order valence-electron chi connectivity index (χ3n) is 4.81. The van der Waals surface area contributed by atoms with Gasteiger partial charge in [-0.15, -0.1) is 0 Å². The molecule has 0 bridgehead atoms. The van der Waals surface area contributed by atoms with Gasteiger partial charge < -0.3 is 9.73 Å². The molecule has 1 heterocycles. The summed E-state index contributed by atoms with van der Waals surface area (Å²) in [5.74, 6) is 0.279. The van der Waals surface area contributed by atoms with E-state index >= 15 is 0 Å². The normalized spacial score (nSPS) is 17.5. The number of rotatable bonds is 5. The van der Waals surface area contributed by atoms with Crippen LogP contribution in [-0.2, 0) is 12.7 Å². The van der Waals surface area contributed by atoms with E-state index in [0.29, 0.717) is 18.0 Å². The fourth-order valence-electron chi connectivity index (χ4n) is 3.13. The average molecular weight is 340 g/mol. The molecule has 0 saturated heterocycles. The van der Waals surface area contributed by atoms with Crippen LogP contribution in [0.15, 0.2) is 16.5 Å². The number of nitrogens with zero attached hydrogens (tertiary/aromatic N) is 1. The van der Waals surface area contributed by atoms with Gasteiger partial charge in [-0.2, -0.15) is 13.2 Å². The maximum Gasteiger partial charge on any atom is 0.420 e. The molecule has 1 N–H and O–H groups in total. The van der Waals surface area contributed by atoms with Crippen molar-refractivity contribution in [2.24, 2.45) is 5.41 Å². The third kappa shape index (κ3) is 3.43. The van der Waals surface area contributed by atoms with Gasteiger partial charge in [-0.05, 0) is 36.0 Å². The summed E-state index contributed by atoms with van der Waals surface area (Å²) < 4.78 is 45.5. The van der Waals surface area contributed by atoms with Gasteiger partial charge in [-0.3, -0.25) is 0 Å². The second-order valence-electron chi connectivity index (χ2n) is 7.46. The number of hydrogen-bond donors (Lipinski definition) is 1. The highest BCUT2D eigenvalue weighted by atomic mass is 19.4. The van der Waals surface area contributed by atoms with Crippen molar-refractivity contribution in [1.82, 2.24) is 10.3 Å². The zero-order valence-electron chi connectivity index (χ0n) is 14.3. The van der Waals surface area contributed by atoms with Gasteiger partial charge in [0.25, 0.3) is 0 Å². The molecule has 132 valence electrons. The van der Waals surface area contributed by atoms with E-state index in [1.54, 1.807) is 6.07 Å².